The summed E-state index contributed by atoms with van der Waals surface area (Å²) in [4.78, 5) is 10.7. The van der Waals surface area contributed by atoms with Crippen molar-refractivity contribution in [3.05, 3.63) is 30.3 Å². The maximum absolute atomic E-state index is 10.7. The third kappa shape index (κ3) is 3.54. The predicted molar refractivity (Wildman–Crippen MR) is 42.9 cm³/mol. The van der Waals surface area contributed by atoms with Gasteiger partial charge in [-0.05, 0) is 0 Å². The Morgan fingerprint density at radius 1 is 1.42 bits per heavy atom. The van der Waals surface area contributed by atoms with Crippen LogP contribution in [0.15, 0.2) is 30.3 Å². The van der Waals surface area contributed by atoms with E-state index in [0.717, 1.165) is 0 Å². The van der Waals surface area contributed by atoms with Gasteiger partial charge >= 0.3 is 89.3 Å². The number of rotatable bonds is 3. The van der Waals surface area contributed by atoms with Crippen molar-refractivity contribution in [1.29, 1.82) is 0 Å². The quantitative estimate of drug-likeness (QED) is 0.588. The molecule has 0 aliphatic rings. The fourth-order valence-corrected chi connectivity index (χ4v) is 4.83. The van der Waals surface area contributed by atoms with E-state index in [1.54, 1.807) is 0 Å². The van der Waals surface area contributed by atoms with E-state index in [2.05, 4.69) is 0 Å². The van der Waals surface area contributed by atoms with E-state index < -0.39 is 25.0 Å². The van der Waals surface area contributed by atoms with Crippen LogP contribution in [0.1, 0.15) is 0 Å². The monoisotopic (exact) mass is 372 g/mol. The summed E-state index contributed by atoms with van der Waals surface area (Å²) in [5.74, 6) is -0.325. The van der Waals surface area contributed by atoms with Crippen LogP contribution in [0.25, 0.3) is 0 Å². The molecule has 0 atom stereocenters. The fraction of sp³-hybridized carbons (Fsp3) is 0.125. The molecule has 2 nitrogen and oxygen atoms in total. The summed E-state index contributed by atoms with van der Waals surface area (Å²) >= 11 is 3.65. The molecule has 0 aromatic heterocycles. The van der Waals surface area contributed by atoms with Gasteiger partial charge in [-0.25, -0.2) is 0 Å². The molecule has 0 bridgehead atoms. The molecule has 1 aromatic rings. The molecule has 60 valence electrons. The van der Waals surface area contributed by atoms with Gasteiger partial charge in [0, 0.05) is 0 Å². The van der Waals surface area contributed by atoms with Gasteiger partial charge in [-0.15, -0.1) is 0 Å². The van der Waals surface area contributed by atoms with Gasteiger partial charge in [0.1, 0.15) is 0 Å². The van der Waals surface area contributed by atoms with E-state index in [0.29, 0.717) is 0 Å². The molecule has 0 saturated heterocycles. The molecular weight excluding hydrogens is 364 g/mol. The SMILES string of the molecule is O=C(CCl)[O][Hg][c]1ccccc1. The van der Waals surface area contributed by atoms with Crippen molar-refractivity contribution in [2.24, 2.45) is 0 Å². The van der Waals surface area contributed by atoms with E-state index >= 15 is 0 Å². The van der Waals surface area contributed by atoms with Crippen molar-refractivity contribution in [3.63, 3.8) is 0 Å². The van der Waals surface area contributed by atoms with Crippen molar-refractivity contribution in [2.45, 2.75) is 0 Å². The van der Waals surface area contributed by atoms with Crippen molar-refractivity contribution >= 4 is 20.6 Å². The van der Waals surface area contributed by atoms with E-state index in [1.807, 2.05) is 30.3 Å². The van der Waals surface area contributed by atoms with E-state index in [4.69, 9.17) is 14.2 Å². The Labute approximate surface area is 89.0 Å². The number of carbonyl (C=O) groups is 1. The van der Waals surface area contributed by atoms with Crippen molar-refractivity contribution in [1.82, 2.24) is 0 Å². The van der Waals surface area contributed by atoms with Crippen LogP contribution >= 0.6 is 11.6 Å². The van der Waals surface area contributed by atoms with Crippen molar-refractivity contribution in [2.75, 3.05) is 5.88 Å². The third-order valence-corrected chi connectivity index (χ3v) is 6.51. The zero-order valence-corrected chi connectivity index (χ0v) is 12.7. The molecule has 0 spiro atoms. The van der Waals surface area contributed by atoms with Gasteiger partial charge in [0.25, 0.3) is 0 Å². The Hall–Kier alpha value is -0.0849. The molecule has 0 amide bonds. The van der Waals surface area contributed by atoms with E-state index in [-0.39, 0.29) is 11.8 Å². The molecule has 0 aliphatic carbocycles. The second-order valence-corrected chi connectivity index (χ2v) is 7.97. The summed E-state index contributed by atoms with van der Waals surface area (Å²) in [6.45, 7) is 0. The first-order valence-electron chi connectivity index (χ1n) is 3.58. The summed E-state index contributed by atoms with van der Waals surface area (Å²) in [6, 6.07) is 9.82. The predicted octanol–water partition coefficient (Wildman–Crippen LogP) is 1.09. The Bertz CT molecular complexity index is 250. The first-order valence-corrected chi connectivity index (χ1v) is 9.11. The molecule has 1 aromatic carbocycles. The van der Waals surface area contributed by atoms with Crippen LogP contribution in [0.5, 0.6) is 0 Å². The Kier molecular flexibility index (Phi) is 4.62. The summed E-state index contributed by atoms with van der Waals surface area (Å²) in [7, 11) is 0. The molecule has 4 heteroatoms. The molecule has 0 fully saturated rings. The number of alkyl halides is 1. The van der Waals surface area contributed by atoms with E-state index in [9.17, 15) is 4.79 Å². The van der Waals surface area contributed by atoms with Gasteiger partial charge in [0.15, 0.2) is 0 Å². The van der Waals surface area contributed by atoms with Crippen molar-refractivity contribution in [3.8, 4) is 0 Å². The molecule has 0 aliphatic heterocycles. The fourth-order valence-electron chi connectivity index (χ4n) is 0.777. The first kappa shape index (κ1) is 10.00. The Balaban J connectivity index is 2.38. The van der Waals surface area contributed by atoms with Crippen molar-refractivity contribution < 1.29 is 32.5 Å². The molecule has 0 saturated carbocycles. The summed E-state index contributed by atoms with van der Waals surface area (Å²) in [5, 5.41) is 0. The molecule has 0 radical (unpaired) electrons. The Morgan fingerprint density at radius 2 is 2.08 bits per heavy atom. The van der Waals surface area contributed by atoms with Gasteiger partial charge in [-0.2, -0.15) is 0 Å². The normalized spacial score (nSPS) is 8.75. The summed E-state index contributed by atoms with van der Waals surface area (Å²) in [5.41, 5.74) is 0. The minimum absolute atomic E-state index is 0.0349. The van der Waals surface area contributed by atoms with Crippen LogP contribution in [-0.2, 0) is 32.5 Å². The molecule has 12 heavy (non-hydrogen) atoms. The zero-order chi connectivity index (χ0) is 8.81. The van der Waals surface area contributed by atoms with Crippen LogP contribution in [0.3, 0.4) is 0 Å². The number of hydrogen-bond donors (Lipinski definition) is 0. The van der Waals surface area contributed by atoms with Crippen LogP contribution in [0.2, 0.25) is 0 Å². The average molecular weight is 371 g/mol. The van der Waals surface area contributed by atoms with Crippen LogP contribution < -0.4 is 3.07 Å². The molecule has 0 unspecified atom stereocenters. The Morgan fingerprint density at radius 3 is 2.67 bits per heavy atom. The van der Waals surface area contributed by atoms with E-state index in [1.165, 1.54) is 3.07 Å². The number of hydrogen-bond acceptors (Lipinski definition) is 2. The molecule has 1 rings (SSSR count). The average Bonchev–Trinajstić information content (AvgIpc) is 2.16. The van der Waals surface area contributed by atoms with Crippen LogP contribution in [0, 0.1) is 0 Å². The second kappa shape index (κ2) is 5.54. The molecular formula is C8H7ClHgO2. The second-order valence-electron chi connectivity index (χ2n) is 2.28. The number of halogens is 1. The minimum atomic E-state index is -1.62. The standard InChI is InChI=1S/C6H5.C2H3ClO2.Hg/c1-2-4-6-5-3-1;3-1-2(4)5;/h1-5H;1H2,(H,4,5);/q;;+1/p-1. The third-order valence-electron chi connectivity index (χ3n) is 1.35. The maximum atomic E-state index is 10.7. The summed E-state index contributed by atoms with van der Waals surface area (Å²) < 4.78 is 6.22. The van der Waals surface area contributed by atoms with Crippen LogP contribution in [0.4, 0.5) is 0 Å². The van der Waals surface area contributed by atoms with Gasteiger partial charge < -0.3 is 0 Å². The topological polar surface area (TPSA) is 26.3 Å². The van der Waals surface area contributed by atoms with Gasteiger partial charge in [0.05, 0.1) is 0 Å². The van der Waals surface area contributed by atoms with Gasteiger partial charge in [-0.1, -0.05) is 0 Å². The number of carbonyl (C=O) groups excluding carboxylic acids is 1. The molecule has 0 heterocycles. The first-order chi connectivity index (χ1) is 5.83. The number of benzene rings is 1. The van der Waals surface area contributed by atoms with Crippen LogP contribution in [-0.4, -0.2) is 11.8 Å². The molecule has 0 N–H and O–H groups in total. The zero-order valence-electron chi connectivity index (χ0n) is 6.50. The van der Waals surface area contributed by atoms with Gasteiger partial charge in [0.2, 0.25) is 0 Å². The van der Waals surface area contributed by atoms with Gasteiger partial charge in [-0.3, -0.25) is 0 Å². The summed E-state index contributed by atoms with van der Waals surface area (Å²) in [6.07, 6.45) is 0.